The topological polar surface area (TPSA) is 56.8 Å². The Morgan fingerprint density at radius 3 is 2.75 bits per heavy atom. The summed E-state index contributed by atoms with van der Waals surface area (Å²) in [6.07, 6.45) is 2.16. The smallest absolute Gasteiger partial charge is 0.244 e. The van der Waals surface area contributed by atoms with Crippen LogP contribution in [0.15, 0.2) is 0 Å². The molecule has 90 valence electrons. The molecule has 0 saturated carbocycles. The zero-order valence-corrected chi connectivity index (χ0v) is 10.2. The zero-order chi connectivity index (χ0) is 11.4. The van der Waals surface area contributed by atoms with Crippen LogP contribution in [0, 0.1) is 5.92 Å². The van der Waals surface area contributed by atoms with Gasteiger partial charge in [0, 0.05) is 32.6 Å². The van der Waals surface area contributed by atoms with E-state index in [9.17, 15) is 0 Å². The Morgan fingerprint density at radius 1 is 1.31 bits per heavy atom. The van der Waals surface area contributed by atoms with Crippen LogP contribution in [0.25, 0.3) is 0 Å². The number of H-pyrrole nitrogens is 1. The van der Waals surface area contributed by atoms with Crippen molar-refractivity contribution < 1.29 is 0 Å². The van der Waals surface area contributed by atoms with Crippen LogP contribution in [0.4, 0.5) is 5.95 Å². The maximum atomic E-state index is 4.54. The molecule has 1 aromatic rings. The van der Waals surface area contributed by atoms with Crippen molar-refractivity contribution >= 4 is 5.95 Å². The van der Waals surface area contributed by atoms with E-state index in [0.717, 1.165) is 50.8 Å². The predicted molar refractivity (Wildman–Crippen MR) is 64.6 cm³/mol. The number of nitrogens with zero attached hydrogens (tertiary/aromatic N) is 3. The molecule has 0 atom stereocenters. The molecule has 1 aromatic heterocycles. The van der Waals surface area contributed by atoms with E-state index in [-0.39, 0.29) is 0 Å². The Morgan fingerprint density at radius 2 is 2.06 bits per heavy atom. The maximum absolute atomic E-state index is 4.54. The van der Waals surface area contributed by atoms with Crippen LogP contribution in [0.2, 0.25) is 0 Å². The summed E-state index contributed by atoms with van der Waals surface area (Å²) in [7, 11) is 0. The molecule has 0 radical (unpaired) electrons. The molecule has 1 saturated heterocycles. The monoisotopic (exact) mass is 223 g/mol. The van der Waals surface area contributed by atoms with Crippen molar-refractivity contribution in [1.29, 1.82) is 0 Å². The van der Waals surface area contributed by atoms with Crippen molar-refractivity contribution in [2.45, 2.75) is 26.7 Å². The zero-order valence-electron chi connectivity index (χ0n) is 10.2. The van der Waals surface area contributed by atoms with Gasteiger partial charge in [-0.15, -0.1) is 5.10 Å². The minimum Gasteiger partial charge on any atom is -0.337 e. The molecule has 2 N–H and O–H groups in total. The first kappa shape index (κ1) is 11.4. The summed E-state index contributed by atoms with van der Waals surface area (Å²) < 4.78 is 0. The van der Waals surface area contributed by atoms with E-state index in [4.69, 9.17) is 0 Å². The fourth-order valence-corrected chi connectivity index (χ4v) is 1.83. The highest BCUT2D eigenvalue weighted by atomic mass is 15.4. The van der Waals surface area contributed by atoms with E-state index in [1.807, 2.05) is 0 Å². The van der Waals surface area contributed by atoms with Gasteiger partial charge in [-0.2, -0.15) is 4.98 Å². The van der Waals surface area contributed by atoms with Crippen molar-refractivity contribution in [1.82, 2.24) is 20.5 Å². The lowest BCUT2D eigenvalue weighted by Gasteiger charge is -2.25. The minimum absolute atomic E-state index is 0.715. The van der Waals surface area contributed by atoms with Gasteiger partial charge in [-0.1, -0.05) is 13.8 Å². The van der Waals surface area contributed by atoms with Gasteiger partial charge in [0.2, 0.25) is 5.95 Å². The Labute approximate surface area is 96.6 Å². The average molecular weight is 223 g/mol. The summed E-state index contributed by atoms with van der Waals surface area (Å²) in [6, 6.07) is 0. The Balaban J connectivity index is 1.90. The van der Waals surface area contributed by atoms with Gasteiger partial charge in [0.25, 0.3) is 0 Å². The van der Waals surface area contributed by atoms with Gasteiger partial charge in [0.05, 0.1) is 0 Å². The average Bonchev–Trinajstić information content (AvgIpc) is 2.76. The van der Waals surface area contributed by atoms with Gasteiger partial charge < -0.3 is 10.2 Å². The highest BCUT2D eigenvalue weighted by Crippen LogP contribution is 2.10. The van der Waals surface area contributed by atoms with Crippen LogP contribution >= 0.6 is 0 Å². The number of aromatic amines is 1. The maximum Gasteiger partial charge on any atom is 0.244 e. The van der Waals surface area contributed by atoms with Gasteiger partial charge in [0.15, 0.2) is 0 Å². The highest BCUT2D eigenvalue weighted by Gasteiger charge is 2.14. The first-order valence-corrected chi connectivity index (χ1v) is 6.12. The number of nitrogens with one attached hydrogen (secondary N) is 2. The first-order valence-electron chi connectivity index (χ1n) is 6.12. The van der Waals surface area contributed by atoms with Gasteiger partial charge in [0.1, 0.15) is 5.82 Å². The van der Waals surface area contributed by atoms with Crippen molar-refractivity contribution in [3.63, 3.8) is 0 Å². The van der Waals surface area contributed by atoms with Gasteiger partial charge in [-0.25, -0.2) is 0 Å². The number of aryl methyl sites for hydroxylation is 1. The normalized spacial score (nSPS) is 17.1. The molecule has 0 spiro atoms. The van der Waals surface area contributed by atoms with E-state index in [1.54, 1.807) is 0 Å². The third kappa shape index (κ3) is 2.95. The Bertz CT molecular complexity index is 314. The number of anilines is 1. The molecule has 1 fully saturated rings. The fraction of sp³-hybridized carbons (Fsp3) is 0.818. The molecule has 0 aromatic carbocycles. The lowest BCUT2D eigenvalue weighted by Crippen LogP contribution is -2.44. The molecule has 16 heavy (non-hydrogen) atoms. The molecular weight excluding hydrogens is 202 g/mol. The lowest BCUT2D eigenvalue weighted by molar-refractivity contribution is 0.573. The summed E-state index contributed by atoms with van der Waals surface area (Å²) in [5, 5.41) is 10.6. The van der Waals surface area contributed by atoms with Crippen LogP contribution in [0.3, 0.4) is 0 Å². The molecule has 0 unspecified atom stereocenters. The van der Waals surface area contributed by atoms with Crippen molar-refractivity contribution in [2.75, 3.05) is 31.1 Å². The molecule has 0 bridgehead atoms. The molecule has 0 amide bonds. The SMILES string of the molecule is CC(C)CCc1nc(N2CCNCC2)n[nH]1. The Kier molecular flexibility index (Phi) is 3.77. The standard InChI is InChI=1S/C11H21N5/c1-9(2)3-4-10-13-11(15-14-10)16-7-5-12-6-8-16/h9,12H,3-8H2,1-2H3,(H,13,14,15). The fourth-order valence-electron chi connectivity index (χ4n) is 1.83. The largest absolute Gasteiger partial charge is 0.337 e. The van der Waals surface area contributed by atoms with Crippen molar-refractivity contribution in [3.8, 4) is 0 Å². The summed E-state index contributed by atoms with van der Waals surface area (Å²) in [5.74, 6) is 2.59. The molecule has 1 aliphatic rings. The van der Waals surface area contributed by atoms with Crippen molar-refractivity contribution in [2.24, 2.45) is 5.92 Å². The lowest BCUT2D eigenvalue weighted by atomic mass is 10.1. The highest BCUT2D eigenvalue weighted by molar-refractivity contribution is 5.29. The van der Waals surface area contributed by atoms with Crippen LogP contribution in [0.1, 0.15) is 26.1 Å². The molecule has 0 aliphatic carbocycles. The van der Waals surface area contributed by atoms with E-state index in [1.165, 1.54) is 0 Å². The van der Waals surface area contributed by atoms with E-state index in [0.29, 0.717) is 5.92 Å². The number of hydrogen-bond acceptors (Lipinski definition) is 4. The molecule has 1 aliphatic heterocycles. The van der Waals surface area contributed by atoms with E-state index < -0.39 is 0 Å². The molecule has 2 heterocycles. The number of rotatable bonds is 4. The van der Waals surface area contributed by atoms with Gasteiger partial charge >= 0.3 is 0 Å². The molecular formula is C11H21N5. The number of hydrogen-bond donors (Lipinski definition) is 2. The van der Waals surface area contributed by atoms with Crippen LogP contribution in [-0.4, -0.2) is 41.4 Å². The molecule has 5 nitrogen and oxygen atoms in total. The second-order valence-electron chi connectivity index (χ2n) is 4.75. The van der Waals surface area contributed by atoms with Crippen LogP contribution < -0.4 is 10.2 Å². The summed E-state index contributed by atoms with van der Waals surface area (Å²) in [4.78, 5) is 6.77. The second-order valence-corrected chi connectivity index (χ2v) is 4.75. The summed E-state index contributed by atoms with van der Waals surface area (Å²) >= 11 is 0. The predicted octanol–water partition coefficient (Wildman–Crippen LogP) is 0.803. The van der Waals surface area contributed by atoms with Crippen molar-refractivity contribution in [3.05, 3.63) is 5.82 Å². The quantitative estimate of drug-likeness (QED) is 0.793. The van der Waals surface area contributed by atoms with E-state index >= 15 is 0 Å². The minimum atomic E-state index is 0.715. The van der Waals surface area contributed by atoms with Crippen LogP contribution in [0.5, 0.6) is 0 Å². The van der Waals surface area contributed by atoms with Gasteiger partial charge in [-0.3, -0.25) is 5.10 Å². The third-order valence-corrected chi connectivity index (χ3v) is 2.88. The van der Waals surface area contributed by atoms with E-state index in [2.05, 4.69) is 39.2 Å². The molecule has 2 rings (SSSR count). The Hall–Kier alpha value is -1.10. The molecule has 5 heteroatoms. The summed E-state index contributed by atoms with van der Waals surface area (Å²) in [5.41, 5.74) is 0. The third-order valence-electron chi connectivity index (χ3n) is 2.88. The summed E-state index contributed by atoms with van der Waals surface area (Å²) in [6.45, 7) is 8.51. The van der Waals surface area contributed by atoms with Crippen LogP contribution in [-0.2, 0) is 6.42 Å². The van der Waals surface area contributed by atoms with Gasteiger partial charge in [-0.05, 0) is 12.3 Å². The number of piperazine rings is 1. The number of aromatic nitrogens is 3. The first-order chi connectivity index (χ1) is 7.75. The second kappa shape index (κ2) is 5.30.